The van der Waals surface area contributed by atoms with E-state index in [0.29, 0.717) is 17.8 Å². The highest BCUT2D eigenvalue weighted by Gasteiger charge is 2.20. The molecule has 5 nitrogen and oxygen atoms in total. The number of rotatable bonds is 8. The van der Waals surface area contributed by atoms with Crippen LogP contribution in [0, 0.1) is 13.8 Å². The summed E-state index contributed by atoms with van der Waals surface area (Å²) in [6, 6.07) is 12.9. The van der Waals surface area contributed by atoms with E-state index in [2.05, 4.69) is 26.1 Å². The standard InChI is InChI=1S/C23H32N2O3S2/c1-17-7-8-18(2)21(15-17)25(30(6,27)28)16-19-9-11-20(12-10-19)22(26)24-13-14-29-23(3,4)5/h7-12,15H,13-14,16H2,1-6H3,(H,24,26). The van der Waals surface area contributed by atoms with E-state index in [9.17, 15) is 13.2 Å². The lowest BCUT2D eigenvalue weighted by molar-refractivity contribution is 0.0956. The molecule has 30 heavy (non-hydrogen) atoms. The molecule has 0 fully saturated rings. The fraction of sp³-hybridized carbons (Fsp3) is 0.435. The van der Waals surface area contributed by atoms with Crippen molar-refractivity contribution < 1.29 is 13.2 Å². The van der Waals surface area contributed by atoms with Crippen LogP contribution in [0.3, 0.4) is 0 Å². The first-order valence-corrected chi connectivity index (χ1v) is 12.8. The fourth-order valence-electron chi connectivity index (χ4n) is 2.92. The number of anilines is 1. The van der Waals surface area contributed by atoms with Gasteiger partial charge in [-0.3, -0.25) is 9.10 Å². The Morgan fingerprint density at radius 3 is 2.27 bits per heavy atom. The fourth-order valence-corrected chi connectivity index (χ4v) is 4.67. The lowest BCUT2D eigenvalue weighted by Gasteiger charge is -2.25. The zero-order valence-electron chi connectivity index (χ0n) is 18.7. The highest BCUT2D eigenvalue weighted by Crippen LogP contribution is 2.26. The number of hydrogen-bond acceptors (Lipinski definition) is 4. The average molecular weight is 449 g/mol. The van der Waals surface area contributed by atoms with Gasteiger partial charge >= 0.3 is 0 Å². The maximum atomic E-state index is 12.5. The molecule has 0 radical (unpaired) electrons. The van der Waals surface area contributed by atoms with Crippen molar-refractivity contribution in [2.75, 3.05) is 22.9 Å². The molecule has 0 bridgehead atoms. The van der Waals surface area contributed by atoms with Crippen LogP contribution in [0.15, 0.2) is 42.5 Å². The quantitative estimate of drug-likeness (QED) is 0.603. The van der Waals surface area contributed by atoms with Gasteiger partial charge in [0.15, 0.2) is 0 Å². The number of carbonyl (C=O) groups is 1. The molecule has 0 aliphatic heterocycles. The van der Waals surface area contributed by atoms with Gasteiger partial charge in [-0.05, 0) is 48.7 Å². The van der Waals surface area contributed by atoms with Gasteiger partial charge in [-0.2, -0.15) is 11.8 Å². The normalized spacial score (nSPS) is 11.9. The molecule has 0 aliphatic rings. The number of hydrogen-bond donors (Lipinski definition) is 1. The van der Waals surface area contributed by atoms with Gasteiger partial charge in [0.2, 0.25) is 10.0 Å². The van der Waals surface area contributed by atoms with Crippen LogP contribution < -0.4 is 9.62 Å². The number of carbonyl (C=O) groups excluding carboxylic acids is 1. The minimum Gasteiger partial charge on any atom is -0.351 e. The molecular formula is C23H32N2O3S2. The Morgan fingerprint density at radius 1 is 1.07 bits per heavy atom. The van der Waals surface area contributed by atoms with Crippen LogP contribution >= 0.6 is 11.8 Å². The molecule has 0 saturated carbocycles. The first kappa shape index (κ1) is 24.3. The molecule has 1 N–H and O–H groups in total. The molecule has 0 unspecified atom stereocenters. The van der Waals surface area contributed by atoms with Gasteiger partial charge in [0, 0.05) is 22.6 Å². The van der Waals surface area contributed by atoms with Crippen LogP contribution in [-0.4, -0.2) is 37.6 Å². The molecule has 2 rings (SSSR count). The summed E-state index contributed by atoms with van der Waals surface area (Å²) in [4.78, 5) is 12.3. The molecule has 1 amide bonds. The Hall–Kier alpha value is -1.99. The molecule has 2 aromatic carbocycles. The third-order valence-electron chi connectivity index (χ3n) is 4.50. The molecule has 0 saturated heterocycles. The second kappa shape index (κ2) is 9.88. The number of nitrogens with one attached hydrogen (secondary N) is 1. The molecule has 164 valence electrons. The van der Waals surface area contributed by atoms with E-state index in [-0.39, 0.29) is 17.2 Å². The Kier molecular flexibility index (Phi) is 7.99. The summed E-state index contributed by atoms with van der Waals surface area (Å²) in [5.41, 5.74) is 3.96. The van der Waals surface area contributed by atoms with Crippen LogP contribution in [0.25, 0.3) is 0 Å². The van der Waals surface area contributed by atoms with Crippen LogP contribution in [0.5, 0.6) is 0 Å². The van der Waals surface area contributed by atoms with Crippen molar-refractivity contribution in [1.82, 2.24) is 5.32 Å². The summed E-state index contributed by atoms with van der Waals surface area (Å²) >= 11 is 1.81. The zero-order chi connectivity index (χ0) is 22.5. The summed E-state index contributed by atoms with van der Waals surface area (Å²) in [6.07, 6.45) is 1.21. The van der Waals surface area contributed by atoms with Crippen LogP contribution in [-0.2, 0) is 16.6 Å². The Balaban J connectivity index is 2.09. The maximum Gasteiger partial charge on any atom is 0.251 e. The third kappa shape index (κ3) is 7.36. The van der Waals surface area contributed by atoms with E-state index in [4.69, 9.17) is 0 Å². The second-order valence-corrected chi connectivity index (χ2v) is 12.3. The third-order valence-corrected chi connectivity index (χ3v) is 6.90. The van der Waals surface area contributed by atoms with E-state index in [1.807, 2.05) is 44.2 Å². The van der Waals surface area contributed by atoms with E-state index in [1.165, 1.54) is 10.6 Å². The SMILES string of the molecule is Cc1ccc(C)c(N(Cc2ccc(C(=O)NCCSC(C)(C)C)cc2)S(C)(=O)=O)c1. The first-order chi connectivity index (χ1) is 13.9. The summed E-state index contributed by atoms with van der Waals surface area (Å²) < 4.78 is 26.5. The van der Waals surface area contributed by atoms with E-state index >= 15 is 0 Å². The summed E-state index contributed by atoms with van der Waals surface area (Å²) in [6.45, 7) is 11.1. The molecule has 2 aromatic rings. The maximum absolute atomic E-state index is 12.5. The smallest absolute Gasteiger partial charge is 0.251 e. The van der Waals surface area contributed by atoms with Crippen molar-refractivity contribution in [2.24, 2.45) is 0 Å². The van der Waals surface area contributed by atoms with E-state index in [1.54, 1.807) is 23.9 Å². The highest BCUT2D eigenvalue weighted by molar-refractivity contribution is 8.00. The number of sulfonamides is 1. The van der Waals surface area contributed by atoms with Gasteiger partial charge in [0.1, 0.15) is 0 Å². The Morgan fingerprint density at radius 2 is 1.70 bits per heavy atom. The number of nitrogens with zero attached hydrogens (tertiary/aromatic N) is 1. The van der Waals surface area contributed by atoms with Gasteiger partial charge < -0.3 is 5.32 Å². The molecule has 7 heteroatoms. The first-order valence-electron chi connectivity index (χ1n) is 9.93. The van der Waals surface area contributed by atoms with Crippen molar-refractivity contribution in [3.63, 3.8) is 0 Å². The predicted molar refractivity (Wildman–Crippen MR) is 128 cm³/mol. The molecule has 0 atom stereocenters. The largest absolute Gasteiger partial charge is 0.351 e. The van der Waals surface area contributed by atoms with Crippen molar-refractivity contribution >= 4 is 33.4 Å². The van der Waals surface area contributed by atoms with Gasteiger partial charge in [-0.25, -0.2) is 8.42 Å². The zero-order valence-corrected chi connectivity index (χ0v) is 20.3. The van der Waals surface area contributed by atoms with Gasteiger partial charge in [0.25, 0.3) is 5.91 Å². The van der Waals surface area contributed by atoms with E-state index < -0.39 is 10.0 Å². The Bertz CT molecular complexity index is 978. The van der Waals surface area contributed by atoms with Crippen molar-refractivity contribution in [2.45, 2.75) is 45.9 Å². The van der Waals surface area contributed by atoms with Crippen molar-refractivity contribution in [3.8, 4) is 0 Å². The summed E-state index contributed by atoms with van der Waals surface area (Å²) in [5, 5.41) is 2.93. The summed E-state index contributed by atoms with van der Waals surface area (Å²) in [7, 11) is -3.46. The number of amides is 1. The molecule has 0 heterocycles. The van der Waals surface area contributed by atoms with Gasteiger partial charge in [0.05, 0.1) is 18.5 Å². The van der Waals surface area contributed by atoms with Crippen molar-refractivity contribution in [1.29, 1.82) is 0 Å². The second-order valence-electron chi connectivity index (χ2n) is 8.47. The van der Waals surface area contributed by atoms with E-state index in [0.717, 1.165) is 22.4 Å². The van der Waals surface area contributed by atoms with Crippen molar-refractivity contribution in [3.05, 3.63) is 64.7 Å². The Labute approximate surface area is 185 Å². The van der Waals surface area contributed by atoms with Gasteiger partial charge in [-0.1, -0.05) is 45.0 Å². The van der Waals surface area contributed by atoms with Crippen LogP contribution in [0.4, 0.5) is 5.69 Å². The molecule has 0 spiro atoms. The molecule has 0 aliphatic carbocycles. The topological polar surface area (TPSA) is 66.5 Å². The minimum atomic E-state index is -3.46. The monoisotopic (exact) mass is 448 g/mol. The van der Waals surface area contributed by atoms with Gasteiger partial charge in [-0.15, -0.1) is 0 Å². The predicted octanol–water partition coefficient (Wildman–Crippen LogP) is 4.53. The number of aryl methyl sites for hydroxylation is 2. The molecule has 0 aromatic heterocycles. The highest BCUT2D eigenvalue weighted by atomic mass is 32.2. The average Bonchev–Trinajstić information content (AvgIpc) is 2.64. The van der Waals surface area contributed by atoms with Crippen LogP contribution in [0.2, 0.25) is 0 Å². The lowest BCUT2D eigenvalue weighted by Crippen LogP contribution is -2.30. The number of benzene rings is 2. The molecular weight excluding hydrogens is 416 g/mol. The number of thioether (sulfide) groups is 1. The summed E-state index contributed by atoms with van der Waals surface area (Å²) in [5.74, 6) is 0.734. The van der Waals surface area contributed by atoms with Crippen LogP contribution in [0.1, 0.15) is 47.8 Å². The minimum absolute atomic E-state index is 0.120. The lowest BCUT2D eigenvalue weighted by atomic mass is 10.1.